The molecule has 2 aromatic carbocycles. The average Bonchev–Trinajstić information content (AvgIpc) is 3.27. The first kappa shape index (κ1) is 25.4. The van der Waals surface area contributed by atoms with Crippen LogP contribution < -0.4 is 10.6 Å². The summed E-state index contributed by atoms with van der Waals surface area (Å²) in [6.45, 7) is 7.35. The number of nitrogens with zero attached hydrogens (tertiary/aromatic N) is 1. The normalized spacial score (nSPS) is 12.1. The number of benzene rings is 2. The van der Waals surface area contributed by atoms with E-state index in [0.29, 0.717) is 6.07 Å². The lowest BCUT2D eigenvalue weighted by molar-refractivity contribution is -0.123. The van der Waals surface area contributed by atoms with Crippen LogP contribution in [-0.2, 0) is 9.59 Å². The van der Waals surface area contributed by atoms with Gasteiger partial charge in [-0.2, -0.15) is 5.10 Å². The van der Waals surface area contributed by atoms with Crippen molar-refractivity contribution < 1.29 is 23.2 Å². The molecule has 3 N–H and O–H groups in total. The zero-order valence-electron chi connectivity index (χ0n) is 18.8. The van der Waals surface area contributed by atoms with Gasteiger partial charge in [0.15, 0.2) is 5.82 Å². The van der Waals surface area contributed by atoms with Gasteiger partial charge in [-0.3, -0.25) is 19.5 Å². The number of rotatable bonds is 7. The molecule has 1 unspecified atom stereocenters. The fourth-order valence-corrected chi connectivity index (χ4v) is 2.92. The van der Waals surface area contributed by atoms with Gasteiger partial charge in [-0.25, -0.2) is 8.78 Å². The molecule has 2 amide bonds. The lowest BCUT2D eigenvalue weighted by atomic mass is 9.98. The SMILES string of the molecule is CC.CC(c1ccccc1)c1cc(NC(=O)[C@H](C)NC(=O)C(=O)c2cc(F)cc(F)c2)n[nH]1. The first-order valence-corrected chi connectivity index (χ1v) is 10.5. The van der Waals surface area contributed by atoms with Crippen molar-refractivity contribution in [1.82, 2.24) is 15.5 Å². The smallest absolute Gasteiger partial charge is 0.293 e. The second kappa shape index (κ2) is 11.7. The van der Waals surface area contributed by atoms with E-state index in [-0.39, 0.29) is 11.7 Å². The monoisotopic (exact) mass is 456 g/mol. The number of carbonyl (C=O) groups is 3. The quantitative estimate of drug-likeness (QED) is 0.366. The molecule has 7 nitrogen and oxygen atoms in total. The molecule has 0 aliphatic heterocycles. The van der Waals surface area contributed by atoms with Crippen LogP contribution >= 0.6 is 0 Å². The number of aromatic amines is 1. The van der Waals surface area contributed by atoms with Gasteiger partial charge in [-0.15, -0.1) is 0 Å². The number of aromatic nitrogens is 2. The molecule has 1 heterocycles. The molecular formula is C24H26F2N4O3. The third-order valence-electron chi connectivity index (χ3n) is 4.69. The van der Waals surface area contributed by atoms with Crippen molar-refractivity contribution in [3.05, 3.63) is 83.1 Å². The Kier molecular flexibility index (Phi) is 8.97. The number of amides is 2. The Hall–Kier alpha value is -3.88. The van der Waals surface area contributed by atoms with Gasteiger partial charge >= 0.3 is 0 Å². The van der Waals surface area contributed by atoms with E-state index in [2.05, 4.69) is 20.8 Å². The van der Waals surface area contributed by atoms with Crippen molar-refractivity contribution in [3.63, 3.8) is 0 Å². The Morgan fingerprint density at radius 2 is 1.55 bits per heavy atom. The van der Waals surface area contributed by atoms with Gasteiger partial charge in [-0.05, 0) is 24.6 Å². The largest absolute Gasteiger partial charge is 0.338 e. The van der Waals surface area contributed by atoms with Crippen LogP contribution in [0.1, 0.15) is 55.2 Å². The molecule has 33 heavy (non-hydrogen) atoms. The summed E-state index contributed by atoms with van der Waals surface area (Å²) in [5.41, 5.74) is 1.40. The highest BCUT2D eigenvalue weighted by molar-refractivity contribution is 6.43. The van der Waals surface area contributed by atoms with Crippen LogP contribution in [0.2, 0.25) is 0 Å². The Morgan fingerprint density at radius 3 is 2.15 bits per heavy atom. The number of nitrogens with one attached hydrogen (secondary N) is 3. The topological polar surface area (TPSA) is 104 Å². The van der Waals surface area contributed by atoms with Gasteiger partial charge in [0.25, 0.3) is 5.91 Å². The predicted octanol–water partition coefficient (Wildman–Crippen LogP) is 4.19. The maximum absolute atomic E-state index is 13.3. The molecule has 2 atom stereocenters. The number of Topliss-reactive ketones (excluding diaryl/α,β-unsaturated/α-hetero) is 1. The molecule has 0 aliphatic rings. The highest BCUT2D eigenvalue weighted by Crippen LogP contribution is 2.23. The van der Waals surface area contributed by atoms with Crippen LogP contribution in [0.15, 0.2) is 54.6 Å². The van der Waals surface area contributed by atoms with Crippen molar-refractivity contribution in [3.8, 4) is 0 Å². The van der Waals surface area contributed by atoms with E-state index < -0.39 is 40.8 Å². The third kappa shape index (κ3) is 6.80. The van der Waals surface area contributed by atoms with E-state index in [0.717, 1.165) is 23.4 Å². The van der Waals surface area contributed by atoms with E-state index in [9.17, 15) is 23.2 Å². The summed E-state index contributed by atoms with van der Waals surface area (Å²) >= 11 is 0. The Labute approximate surface area is 190 Å². The molecule has 0 saturated heterocycles. The van der Waals surface area contributed by atoms with Gasteiger partial charge in [-0.1, -0.05) is 51.1 Å². The standard InChI is InChI=1S/C22H20F2N4O3.C2H6/c1-12(14-6-4-3-5-7-14)18-11-19(28-27-18)26-21(30)13(2)25-22(31)20(29)15-8-16(23)10-17(24)9-15;1-2/h3-13H,1-2H3,(H,25,31)(H2,26,27,28,30);1-2H3/t12?,13-;/m0./s1. The van der Waals surface area contributed by atoms with E-state index in [1.807, 2.05) is 51.1 Å². The fourth-order valence-electron chi connectivity index (χ4n) is 2.92. The summed E-state index contributed by atoms with van der Waals surface area (Å²) in [4.78, 5) is 36.5. The van der Waals surface area contributed by atoms with Crippen molar-refractivity contribution in [2.45, 2.75) is 39.7 Å². The summed E-state index contributed by atoms with van der Waals surface area (Å²) in [6.07, 6.45) is 0. The number of anilines is 1. The zero-order chi connectivity index (χ0) is 24.5. The first-order chi connectivity index (χ1) is 15.7. The zero-order valence-corrected chi connectivity index (χ0v) is 18.8. The Morgan fingerprint density at radius 1 is 0.939 bits per heavy atom. The molecular weight excluding hydrogens is 430 g/mol. The molecule has 0 radical (unpaired) electrons. The molecule has 0 aliphatic carbocycles. The summed E-state index contributed by atoms with van der Waals surface area (Å²) in [5.74, 6) is -4.63. The lowest BCUT2D eigenvalue weighted by Crippen LogP contribution is -2.44. The number of hydrogen-bond acceptors (Lipinski definition) is 4. The van der Waals surface area contributed by atoms with Crippen LogP contribution in [0, 0.1) is 11.6 Å². The molecule has 0 saturated carbocycles. The summed E-state index contributed by atoms with van der Waals surface area (Å²) in [7, 11) is 0. The molecule has 0 fully saturated rings. The highest BCUT2D eigenvalue weighted by atomic mass is 19.1. The maximum Gasteiger partial charge on any atom is 0.293 e. The van der Waals surface area contributed by atoms with Crippen molar-refractivity contribution in [2.75, 3.05) is 5.32 Å². The van der Waals surface area contributed by atoms with Gasteiger partial charge in [0.2, 0.25) is 11.7 Å². The minimum Gasteiger partial charge on any atom is -0.338 e. The number of ketones is 1. The Balaban J connectivity index is 0.00000187. The third-order valence-corrected chi connectivity index (χ3v) is 4.69. The van der Waals surface area contributed by atoms with E-state index in [4.69, 9.17) is 0 Å². The summed E-state index contributed by atoms with van der Waals surface area (Å²) in [5, 5.41) is 11.7. The van der Waals surface area contributed by atoms with Crippen LogP contribution in [-0.4, -0.2) is 33.8 Å². The van der Waals surface area contributed by atoms with Crippen molar-refractivity contribution in [2.24, 2.45) is 0 Å². The number of hydrogen-bond donors (Lipinski definition) is 3. The average molecular weight is 456 g/mol. The molecule has 3 rings (SSSR count). The van der Waals surface area contributed by atoms with E-state index >= 15 is 0 Å². The Bertz CT molecular complexity index is 1100. The van der Waals surface area contributed by atoms with Crippen LogP contribution in [0.25, 0.3) is 0 Å². The minimum atomic E-state index is -1.16. The van der Waals surface area contributed by atoms with Crippen molar-refractivity contribution >= 4 is 23.4 Å². The van der Waals surface area contributed by atoms with Gasteiger partial charge < -0.3 is 10.6 Å². The van der Waals surface area contributed by atoms with E-state index in [1.54, 1.807) is 6.07 Å². The minimum absolute atomic E-state index is 0.0146. The highest BCUT2D eigenvalue weighted by Gasteiger charge is 2.23. The second-order valence-electron chi connectivity index (χ2n) is 7.01. The predicted molar refractivity (Wildman–Crippen MR) is 121 cm³/mol. The molecule has 1 aromatic heterocycles. The maximum atomic E-state index is 13.3. The van der Waals surface area contributed by atoms with Crippen LogP contribution in [0.4, 0.5) is 14.6 Å². The van der Waals surface area contributed by atoms with E-state index in [1.165, 1.54) is 6.92 Å². The summed E-state index contributed by atoms with van der Waals surface area (Å²) < 4.78 is 26.5. The van der Waals surface area contributed by atoms with Crippen LogP contribution in [0.5, 0.6) is 0 Å². The second-order valence-corrected chi connectivity index (χ2v) is 7.01. The fraction of sp³-hybridized carbons (Fsp3) is 0.250. The van der Waals surface area contributed by atoms with Gasteiger partial charge in [0.05, 0.1) is 0 Å². The molecule has 3 aromatic rings. The van der Waals surface area contributed by atoms with Crippen molar-refractivity contribution in [1.29, 1.82) is 0 Å². The number of H-pyrrole nitrogens is 1. The molecule has 0 bridgehead atoms. The van der Waals surface area contributed by atoms with Gasteiger partial charge in [0.1, 0.15) is 17.7 Å². The molecule has 0 spiro atoms. The summed E-state index contributed by atoms with van der Waals surface area (Å²) in [6, 6.07) is 12.4. The molecule has 9 heteroatoms. The van der Waals surface area contributed by atoms with Gasteiger partial charge in [0, 0.05) is 29.3 Å². The number of halogens is 2. The molecule has 174 valence electrons. The lowest BCUT2D eigenvalue weighted by Gasteiger charge is -2.12. The van der Waals surface area contributed by atoms with Crippen LogP contribution in [0.3, 0.4) is 0 Å². The number of carbonyl (C=O) groups excluding carboxylic acids is 3. The first-order valence-electron chi connectivity index (χ1n) is 10.5.